The van der Waals surface area contributed by atoms with Gasteiger partial charge in [-0.25, -0.2) is 0 Å². The molecule has 4 heteroatoms. The van der Waals surface area contributed by atoms with Gasteiger partial charge < -0.3 is 10.2 Å². The number of nitrogens with zero attached hydrogens (tertiary/aromatic N) is 1. The smallest absolute Gasteiger partial charge is 0.223 e. The third-order valence-corrected chi connectivity index (χ3v) is 5.00. The molecule has 1 N–H and O–H groups in total. The van der Waals surface area contributed by atoms with Gasteiger partial charge in [0.1, 0.15) is 0 Å². The van der Waals surface area contributed by atoms with Gasteiger partial charge in [-0.15, -0.1) is 0 Å². The van der Waals surface area contributed by atoms with Gasteiger partial charge in [-0.1, -0.05) is 24.3 Å². The van der Waals surface area contributed by atoms with Crippen LogP contribution in [-0.4, -0.2) is 29.8 Å². The molecule has 1 atom stereocenters. The van der Waals surface area contributed by atoms with Gasteiger partial charge in [-0.05, 0) is 43.2 Å². The van der Waals surface area contributed by atoms with Gasteiger partial charge in [-0.3, -0.25) is 9.59 Å². The largest absolute Gasteiger partial charge is 0.349 e. The van der Waals surface area contributed by atoms with Crippen molar-refractivity contribution in [3.63, 3.8) is 0 Å². The van der Waals surface area contributed by atoms with Crippen molar-refractivity contribution in [1.29, 1.82) is 0 Å². The minimum atomic E-state index is 0.0460. The highest BCUT2D eigenvalue weighted by Crippen LogP contribution is 2.30. The average molecular weight is 300 g/mol. The lowest BCUT2D eigenvalue weighted by atomic mass is 9.87. The van der Waals surface area contributed by atoms with Crippen molar-refractivity contribution in [2.45, 2.75) is 45.1 Å². The Kier molecular flexibility index (Phi) is 4.46. The highest BCUT2D eigenvalue weighted by atomic mass is 16.2. The van der Waals surface area contributed by atoms with E-state index in [1.165, 1.54) is 11.1 Å². The Morgan fingerprint density at radius 2 is 1.86 bits per heavy atom. The molecular weight excluding hydrogens is 276 g/mol. The van der Waals surface area contributed by atoms with Crippen LogP contribution in [0.4, 0.5) is 0 Å². The quantitative estimate of drug-likeness (QED) is 0.912. The molecule has 0 aromatic heterocycles. The van der Waals surface area contributed by atoms with Crippen LogP contribution in [0.3, 0.4) is 0 Å². The summed E-state index contributed by atoms with van der Waals surface area (Å²) >= 11 is 0. The summed E-state index contributed by atoms with van der Waals surface area (Å²) in [6, 6.07) is 8.58. The molecule has 0 radical (unpaired) electrons. The van der Waals surface area contributed by atoms with Crippen molar-refractivity contribution in [2.75, 3.05) is 13.1 Å². The third kappa shape index (κ3) is 3.16. The fourth-order valence-corrected chi connectivity index (χ4v) is 3.65. The lowest BCUT2D eigenvalue weighted by molar-refractivity contribution is -0.134. The van der Waals surface area contributed by atoms with E-state index < -0.39 is 0 Å². The van der Waals surface area contributed by atoms with Crippen molar-refractivity contribution in [2.24, 2.45) is 5.92 Å². The summed E-state index contributed by atoms with van der Waals surface area (Å²) in [4.78, 5) is 25.7. The Hall–Kier alpha value is -1.84. The molecule has 2 aliphatic rings. The molecule has 1 aliphatic carbocycles. The second-order valence-corrected chi connectivity index (χ2v) is 6.43. The first-order valence-corrected chi connectivity index (χ1v) is 8.29. The number of aryl methyl sites for hydroxylation is 1. The molecule has 1 aromatic carbocycles. The molecule has 0 unspecified atom stereocenters. The normalized spacial score (nSPS) is 22.0. The summed E-state index contributed by atoms with van der Waals surface area (Å²) in [6.07, 6.45) is 4.82. The molecule has 118 valence electrons. The molecule has 1 aromatic rings. The number of benzene rings is 1. The monoisotopic (exact) mass is 300 g/mol. The SMILES string of the molecule is CC(=O)N1CCC(C(=O)N[C@H]2CCCc3ccccc32)CC1. The van der Waals surface area contributed by atoms with Gasteiger partial charge in [-0.2, -0.15) is 0 Å². The maximum atomic E-state index is 12.5. The van der Waals surface area contributed by atoms with Crippen LogP contribution >= 0.6 is 0 Å². The summed E-state index contributed by atoms with van der Waals surface area (Å²) in [5.41, 5.74) is 2.65. The van der Waals surface area contributed by atoms with Crippen molar-refractivity contribution in [3.05, 3.63) is 35.4 Å². The van der Waals surface area contributed by atoms with Gasteiger partial charge in [0.15, 0.2) is 0 Å². The third-order valence-electron chi connectivity index (χ3n) is 5.00. The molecule has 3 rings (SSSR count). The summed E-state index contributed by atoms with van der Waals surface area (Å²) in [5, 5.41) is 3.25. The second kappa shape index (κ2) is 6.51. The van der Waals surface area contributed by atoms with E-state index >= 15 is 0 Å². The number of rotatable bonds is 2. The molecular formula is C18H24N2O2. The Bertz CT molecular complexity index is 562. The summed E-state index contributed by atoms with van der Waals surface area (Å²) < 4.78 is 0. The zero-order valence-corrected chi connectivity index (χ0v) is 13.2. The fourth-order valence-electron chi connectivity index (χ4n) is 3.65. The number of likely N-dealkylation sites (tertiary alicyclic amines) is 1. The van der Waals surface area contributed by atoms with Crippen LogP contribution < -0.4 is 5.32 Å². The lowest BCUT2D eigenvalue weighted by Gasteiger charge is -2.32. The minimum Gasteiger partial charge on any atom is -0.349 e. The lowest BCUT2D eigenvalue weighted by Crippen LogP contribution is -2.43. The topological polar surface area (TPSA) is 49.4 Å². The van der Waals surface area contributed by atoms with Gasteiger partial charge in [0, 0.05) is 25.9 Å². The fraction of sp³-hybridized carbons (Fsp3) is 0.556. The van der Waals surface area contributed by atoms with E-state index in [-0.39, 0.29) is 23.8 Å². The van der Waals surface area contributed by atoms with Crippen LogP contribution in [-0.2, 0) is 16.0 Å². The van der Waals surface area contributed by atoms with E-state index in [9.17, 15) is 9.59 Å². The molecule has 2 amide bonds. The van der Waals surface area contributed by atoms with Crippen LogP contribution in [0.5, 0.6) is 0 Å². The van der Waals surface area contributed by atoms with E-state index in [0.717, 1.165) is 32.1 Å². The predicted molar refractivity (Wildman–Crippen MR) is 85.2 cm³/mol. The molecule has 0 bridgehead atoms. The van der Waals surface area contributed by atoms with Gasteiger partial charge in [0.2, 0.25) is 11.8 Å². The number of amides is 2. The standard InChI is InChI=1S/C18H24N2O2/c1-13(21)20-11-9-15(10-12-20)18(22)19-17-8-4-6-14-5-2-3-7-16(14)17/h2-3,5,7,15,17H,4,6,8-12H2,1H3,(H,19,22)/t17-/m0/s1. The van der Waals surface area contributed by atoms with E-state index in [4.69, 9.17) is 0 Å². The van der Waals surface area contributed by atoms with Crippen LogP contribution in [0.1, 0.15) is 49.8 Å². The van der Waals surface area contributed by atoms with E-state index in [1.54, 1.807) is 6.92 Å². The summed E-state index contributed by atoms with van der Waals surface area (Å²) in [7, 11) is 0. The van der Waals surface area contributed by atoms with E-state index in [1.807, 2.05) is 4.90 Å². The minimum absolute atomic E-state index is 0.0460. The number of carbonyl (C=O) groups excluding carboxylic acids is 2. The van der Waals surface area contributed by atoms with E-state index in [0.29, 0.717) is 13.1 Å². The van der Waals surface area contributed by atoms with Crippen LogP contribution in [0, 0.1) is 5.92 Å². The highest BCUT2D eigenvalue weighted by molar-refractivity contribution is 5.80. The first kappa shape index (κ1) is 15.1. The number of hydrogen-bond acceptors (Lipinski definition) is 2. The maximum Gasteiger partial charge on any atom is 0.223 e. The molecule has 22 heavy (non-hydrogen) atoms. The second-order valence-electron chi connectivity index (χ2n) is 6.43. The molecule has 1 heterocycles. The highest BCUT2D eigenvalue weighted by Gasteiger charge is 2.29. The number of nitrogens with one attached hydrogen (secondary N) is 1. The molecule has 1 saturated heterocycles. The van der Waals surface area contributed by atoms with Crippen LogP contribution in [0.15, 0.2) is 24.3 Å². The van der Waals surface area contributed by atoms with Crippen molar-refractivity contribution in [3.8, 4) is 0 Å². The first-order chi connectivity index (χ1) is 10.6. The predicted octanol–water partition coefficient (Wildman–Crippen LogP) is 2.44. The molecule has 1 aliphatic heterocycles. The van der Waals surface area contributed by atoms with Crippen molar-refractivity contribution < 1.29 is 9.59 Å². The van der Waals surface area contributed by atoms with Crippen LogP contribution in [0.25, 0.3) is 0 Å². The summed E-state index contributed by atoms with van der Waals surface area (Å²) in [5.74, 6) is 0.314. The Labute approximate surface area is 131 Å². The maximum absolute atomic E-state index is 12.5. The number of fused-ring (bicyclic) bond motifs is 1. The van der Waals surface area contributed by atoms with Gasteiger partial charge in [0.05, 0.1) is 6.04 Å². The molecule has 4 nitrogen and oxygen atoms in total. The van der Waals surface area contributed by atoms with E-state index in [2.05, 4.69) is 29.6 Å². The van der Waals surface area contributed by atoms with Crippen molar-refractivity contribution >= 4 is 11.8 Å². The summed E-state index contributed by atoms with van der Waals surface area (Å²) in [6.45, 7) is 3.00. The molecule has 1 fully saturated rings. The van der Waals surface area contributed by atoms with Gasteiger partial charge >= 0.3 is 0 Å². The Morgan fingerprint density at radius 1 is 1.14 bits per heavy atom. The first-order valence-electron chi connectivity index (χ1n) is 8.29. The zero-order chi connectivity index (χ0) is 15.5. The van der Waals surface area contributed by atoms with Gasteiger partial charge in [0.25, 0.3) is 0 Å². The Morgan fingerprint density at radius 3 is 2.59 bits per heavy atom. The van der Waals surface area contributed by atoms with Crippen LogP contribution in [0.2, 0.25) is 0 Å². The average Bonchev–Trinajstić information content (AvgIpc) is 2.55. The number of piperidine rings is 1. The molecule has 0 saturated carbocycles. The number of hydrogen-bond donors (Lipinski definition) is 1. The number of carbonyl (C=O) groups is 2. The molecule has 0 spiro atoms. The van der Waals surface area contributed by atoms with Crippen molar-refractivity contribution in [1.82, 2.24) is 10.2 Å². The zero-order valence-electron chi connectivity index (χ0n) is 13.2. The Balaban J connectivity index is 1.60.